The fraction of sp³-hybridized carbons (Fsp3) is 0.176. The van der Waals surface area contributed by atoms with E-state index in [9.17, 15) is 4.79 Å². The van der Waals surface area contributed by atoms with Gasteiger partial charge in [-0.2, -0.15) is 5.10 Å². The van der Waals surface area contributed by atoms with Crippen molar-refractivity contribution in [3.8, 4) is 0 Å². The molecule has 2 aromatic rings. The van der Waals surface area contributed by atoms with E-state index in [1.54, 1.807) is 13.1 Å². The first-order valence-electron chi connectivity index (χ1n) is 6.87. The van der Waals surface area contributed by atoms with E-state index in [4.69, 9.17) is 0 Å². The van der Waals surface area contributed by atoms with Gasteiger partial charge in [-0.15, -0.1) is 0 Å². The molecule has 2 rings (SSSR count). The first kappa shape index (κ1) is 14.8. The van der Waals surface area contributed by atoms with E-state index < -0.39 is 0 Å². The van der Waals surface area contributed by atoms with Gasteiger partial charge in [0.15, 0.2) is 0 Å². The van der Waals surface area contributed by atoms with Crippen LogP contribution in [0.2, 0.25) is 0 Å². The van der Waals surface area contributed by atoms with E-state index in [0.29, 0.717) is 0 Å². The highest BCUT2D eigenvalue weighted by atomic mass is 16.2. The van der Waals surface area contributed by atoms with Crippen molar-refractivity contribution in [2.75, 3.05) is 5.32 Å². The molecule has 0 fully saturated rings. The highest BCUT2D eigenvalue weighted by molar-refractivity contribution is 5.86. The van der Waals surface area contributed by atoms with Crippen molar-refractivity contribution >= 4 is 17.8 Å². The number of para-hydroxylation sites is 1. The lowest BCUT2D eigenvalue weighted by atomic mass is 10.2. The Hall–Kier alpha value is -2.62. The van der Waals surface area contributed by atoms with Gasteiger partial charge in [-0.1, -0.05) is 48.5 Å². The van der Waals surface area contributed by atoms with Crippen molar-refractivity contribution in [2.24, 2.45) is 5.10 Å². The van der Waals surface area contributed by atoms with E-state index in [2.05, 4.69) is 15.8 Å². The summed E-state index contributed by atoms with van der Waals surface area (Å²) in [6.07, 6.45) is 1.62. The van der Waals surface area contributed by atoms with E-state index in [1.165, 1.54) is 0 Å². The number of hydrogen-bond acceptors (Lipinski definition) is 3. The summed E-state index contributed by atoms with van der Waals surface area (Å²) in [5.41, 5.74) is 5.53. The summed E-state index contributed by atoms with van der Waals surface area (Å²) in [4.78, 5) is 12.0. The summed E-state index contributed by atoms with van der Waals surface area (Å²) in [5, 5.41) is 7.13. The second-order valence-electron chi connectivity index (χ2n) is 4.83. The first-order valence-corrected chi connectivity index (χ1v) is 6.87. The van der Waals surface area contributed by atoms with Gasteiger partial charge in [0, 0.05) is 5.69 Å². The average molecular weight is 281 g/mol. The molecule has 0 aliphatic carbocycles. The number of aryl methyl sites for hydroxylation is 1. The van der Waals surface area contributed by atoms with Crippen LogP contribution in [0.5, 0.6) is 0 Å². The van der Waals surface area contributed by atoms with Crippen molar-refractivity contribution in [3.05, 3.63) is 65.7 Å². The van der Waals surface area contributed by atoms with Crippen molar-refractivity contribution < 1.29 is 4.79 Å². The number of benzene rings is 2. The molecule has 0 aromatic heterocycles. The highest BCUT2D eigenvalue weighted by Gasteiger charge is 2.12. The van der Waals surface area contributed by atoms with Gasteiger partial charge in [0.1, 0.15) is 6.04 Å². The van der Waals surface area contributed by atoms with Crippen LogP contribution in [-0.2, 0) is 4.79 Å². The van der Waals surface area contributed by atoms with Crippen LogP contribution >= 0.6 is 0 Å². The monoisotopic (exact) mass is 281 g/mol. The standard InChI is InChI=1S/C17H19N3O/c1-13-8-6-7-11-16(13)19-14(2)17(21)20-18-12-15-9-4-3-5-10-15/h3-12,14,19H,1-2H3,(H,20,21)/t14-/m0/s1. The SMILES string of the molecule is Cc1ccccc1N[C@@H](C)C(=O)NN=Cc1ccccc1. The van der Waals surface area contributed by atoms with E-state index in [-0.39, 0.29) is 11.9 Å². The molecule has 1 amide bonds. The summed E-state index contributed by atoms with van der Waals surface area (Å²) < 4.78 is 0. The quantitative estimate of drug-likeness (QED) is 0.654. The third-order valence-corrected chi connectivity index (χ3v) is 3.10. The Morgan fingerprint density at radius 2 is 1.76 bits per heavy atom. The average Bonchev–Trinajstić information content (AvgIpc) is 2.50. The number of nitrogens with one attached hydrogen (secondary N) is 2. The zero-order valence-electron chi connectivity index (χ0n) is 12.2. The summed E-state index contributed by atoms with van der Waals surface area (Å²) in [6, 6.07) is 17.1. The van der Waals surface area contributed by atoms with Gasteiger partial charge in [-0.25, -0.2) is 5.43 Å². The molecular formula is C17H19N3O. The fourth-order valence-electron chi connectivity index (χ4n) is 1.84. The Morgan fingerprint density at radius 3 is 2.48 bits per heavy atom. The Kier molecular flexibility index (Phi) is 5.10. The lowest BCUT2D eigenvalue weighted by molar-refractivity contribution is -0.121. The number of hydrazone groups is 1. The van der Waals surface area contributed by atoms with E-state index in [1.807, 2.05) is 61.5 Å². The molecule has 4 nitrogen and oxygen atoms in total. The van der Waals surface area contributed by atoms with Gasteiger partial charge < -0.3 is 5.32 Å². The van der Waals surface area contributed by atoms with Gasteiger partial charge in [0.25, 0.3) is 5.91 Å². The number of nitrogens with zero attached hydrogens (tertiary/aromatic N) is 1. The minimum atomic E-state index is -0.362. The minimum absolute atomic E-state index is 0.176. The third-order valence-electron chi connectivity index (χ3n) is 3.10. The molecule has 0 radical (unpaired) electrons. The van der Waals surface area contributed by atoms with Gasteiger partial charge in [-0.05, 0) is 31.0 Å². The summed E-state index contributed by atoms with van der Waals surface area (Å²) in [7, 11) is 0. The minimum Gasteiger partial charge on any atom is -0.374 e. The van der Waals surface area contributed by atoms with Gasteiger partial charge >= 0.3 is 0 Å². The van der Waals surface area contributed by atoms with E-state index >= 15 is 0 Å². The van der Waals surface area contributed by atoms with Crippen molar-refractivity contribution in [1.82, 2.24) is 5.43 Å². The topological polar surface area (TPSA) is 53.5 Å². The molecule has 4 heteroatoms. The van der Waals surface area contributed by atoms with Crippen LogP contribution in [0.1, 0.15) is 18.1 Å². The molecule has 108 valence electrons. The van der Waals surface area contributed by atoms with Crippen LogP contribution in [0, 0.1) is 6.92 Å². The van der Waals surface area contributed by atoms with Crippen LogP contribution < -0.4 is 10.7 Å². The number of hydrogen-bond donors (Lipinski definition) is 2. The Labute approximate surface area is 124 Å². The number of amides is 1. The van der Waals surface area contributed by atoms with Crippen LogP contribution in [0.4, 0.5) is 5.69 Å². The zero-order chi connectivity index (χ0) is 15.1. The number of anilines is 1. The van der Waals surface area contributed by atoms with Gasteiger partial charge in [0.05, 0.1) is 6.21 Å². The molecule has 0 bridgehead atoms. The molecular weight excluding hydrogens is 262 g/mol. The van der Waals surface area contributed by atoms with Crippen molar-refractivity contribution in [3.63, 3.8) is 0 Å². The molecule has 0 saturated carbocycles. The molecule has 0 heterocycles. The predicted octanol–water partition coefficient (Wildman–Crippen LogP) is 2.95. The molecule has 2 aromatic carbocycles. The second-order valence-corrected chi connectivity index (χ2v) is 4.83. The zero-order valence-corrected chi connectivity index (χ0v) is 12.2. The normalized spacial score (nSPS) is 12.1. The van der Waals surface area contributed by atoms with Gasteiger partial charge in [-0.3, -0.25) is 4.79 Å². The fourth-order valence-corrected chi connectivity index (χ4v) is 1.84. The molecule has 0 spiro atoms. The lowest BCUT2D eigenvalue weighted by Gasteiger charge is -2.15. The molecule has 21 heavy (non-hydrogen) atoms. The Bertz CT molecular complexity index is 623. The number of carbonyl (C=O) groups is 1. The van der Waals surface area contributed by atoms with Gasteiger partial charge in [0.2, 0.25) is 0 Å². The van der Waals surface area contributed by atoms with E-state index in [0.717, 1.165) is 16.8 Å². The highest BCUT2D eigenvalue weighted by Crippen LogP contribution is 2.14. The first-order chi connectivity index (χ1) is 10.2. The van der Waals surface area contributed by atoms with Crippen molar-refractivity contribution in [2.45, 2.75) is 19.9 Å². The summed E-state index contributed by atoms with van der Waals surface area (Å²) in [6.45, 7) is 3.81. The molecule has 0 unspecified atom stereocenters. The summed E-state index contributed by atoms with van der Waals surface area (Å²) in [5.74, 6) is -0.176. The molecule has 1 atom stereocenters. The maximum Gasteiger partial charge on any atom is 0.262 e. The maximum absolute atomic E-state index is 12.0. The number of rotatable bonds is 5. The van der Waals surface area contributed by atoms with Crippen LogP contribution in [-0.4, -0.2) is 18.2 Å². The van der Waals surface area contributed by atoms with Crippen LogP contribution in [0.15, 0.2) is 59.7 Å². The lowest BCUT2D eigenvalue weighted by Crippen LogP contribution is -2.35. The third kappa shape index (κ3) is 4.45. The molecule has 0 saturated heterocycles. The number of carbonyl (C=O) groups excluding carboxylic acids is 1. The van der Waals surface area contributed by atoms with Crippen molar-refractivity contribution in [1.29, 1.82) is 0 Å². The largest absolute Gasteiger partial charge is 0.374 e. The molecule has 0 aliphatic heterocycles. The maximum atomic E-state index is 12.0. The molecule has 2 N–H and O–H groups in total. The van der Waals surface area contributed by atoms with Crippen LogP contribution in [0.25, 0.3) is 0 Å². The smallest absolute Gasteiger partial charge is 0.262 e. The second kappa shape index (κ2) is 7.24. The summed E-state index contributed by atoms with van der Waals surface area (Å²) >= 11 is 0. The molecule has 0 aliphatic rings. The Balaban J connectivity index is 1.88. The predicted molar refractivity (Wildman–Crippen MR) is 86.4 cm³/mol. The van der Waals surface area contributed by atoms with Crippen LogP contribution in [0.3, 0.4) is 0 Å². The Morgan fingerprint density at radius 1 is 1.10 bits per heavy atom.